The molecule has 1 fully saturated rings. The minimum Gasteiger partial charge on any atom is -0.497 e. The van der Waals surface area contributed by atoms with Crippen LogP contribution >= 0.6 is 0 Å². The van der Waals surface area contributed by atoms with E-state index in [0.717, 1.165) is 22.2 Å². The largest absolute Gasteiger partial charge is 0.497 e. The number of likely N-dealkylation sites (tertiary alicyclic amines) is 1. The zero-order valence-corrected chi connectivity index (χ0v) is 13.8. The molecule has 0 radical (unpaired) electrons. The highest BCUT2D eigenvalue weighted by molar-refractivity contribution is 6.16. The lowest BCUT2D eigenvalue weighted by molar-refractivity contribution is -0.142. The monoisotopic (exact) mass is 312 g/mol. The van der Waals surface area contributed by atoms with Crippen LogP contribution in [0.15, 0.2) is 30.0 Å². The maximum Gasteiger partial charge on any atom is 0.257 e. The van der Waals surface area contributed by atoms with E-state index in [1.807, 2.05) is 45.2 Å². The van der Waals surface area contributed by atoms with Gasteiger partial charge in [0.1, 0.15) is 5.75 Å². The van der Waals surface area contributed by atoms with E-state index in [9.17, 15) is 9.59 Å². The third-order valence-corrected chi connectivity index (χ3v) is 3.99. The number of carbonyl (C=O) groups is 2. The minimum absolute atomic E-state index is 0.146. The molecule has 0 spiro atoms. The van der Waals surface area contributed by atoms with Crippen molar-refractivity contribution < 1.29 is 14.3 Å². The van der Waals surface area contributed by atoms with Gasteiger partial charge in [0.2, 0.25) is 5.91 Å². The molecule has 0 unspecified atom stereocenters. The lowest BCUT2D eigenvalue weighted by Crippen LogP contribution is -2.44. The summed E-state index contributed by atoms with van der Waals surface area (Å²) in [6, 6.07) is 5.72. The van der Waals surface area contributed by atoms with Gasteiger partial charge in [-0.2, -0.15) is 0 Å². The number of aromatic nitrogens is 1. The van der Waals surface area contributed by atoms with Crippen LogP contribution < -0.4 is 4.74 Å². The number of imide groups is 1. The topological polar surface area (TPSA) is 62.4 Å². The number of fused-ring (bicyclic) bond motifs is 1. The Morgan fingerprint density at radius 1 is 1.26 bits per heavy atom. The Morgan fingerprint density at radius 3 is 2.61 bits per heavy atom. The first-order valence-electron chi connectivity index (χ1n) is 7.54. The maximum atomic E-state index is 12.5. The quantitative estimate of drug-likeness (QED) is 0.684. The first-order valence-corrected chi connectivity index (χ1v) is 7.54. The second kappa shape index (κ2) is 5.26. The normalized spacial score (nSPS) is 17.6. The first-order chi connectivity index (χ1) is 10.8. The molecule has 1 saturated heterocycles. The number of H-pyrrole nitrogens is 1. The molecule has 0 aliphatic carbocycles. The molecule has 1 N–H and O–H groups in total. The Bertz CT molecular complexity index is 824. The number of ether oxygens (including phenoxy) is 1. The predicted octanol–water partition coefficient (Wildman–Crippen LogP) is 3.12. The molecule has 0 bridgehead atoms. The molecule has 2 heterocycles. The average Bonchev–Trinajstić information content (AvgIpc) is 2.99. The molecule has 0 atom stereocenters. The van der Waals surface area contributed by atoms with Crippen molar-refractivity contribution in [1.29, 1.82) is 0 Å². The Kier molecular flexibility index (Phi) is 3.51. The van der Waals surface area contributed by atoms with Gasteiger partial charge in [0, 0.05) is 33.8 Å². The van der Waals surface area contributed by atoms with E-state index in [1.54, 1.807) is 13.2 Å². The fraction of sp³-hybridized carbons (Fsp3) is 0.333. The second-order valence-electron chi connectivity index (χ2n) is 6.71. The molecule has 1 aliphatic heterocycles. The highest BCUT2D eigenvalue weighted by Crippen LogP contribution is 2.30. The van der Waals surface area contributed by atoms with E-state index >= 15 is 0 Å². The number of rotatable bonds is 2. The van der Waals surface area contributed by atoms with Gasteiger partial charge < -0.3 is 9.72 Å². The molecule has 5 nitrogen and oxygen atoms in total. The van der Waals surface area contributed by atoms with Crippen LogP contribution in [0.4, 0.5) is 0 Å². The van der Waals surface area contributed by atoms with E-state index in [2.05, 4.69) is 4.98 Å². The summed E-state index contributed by atoms with van der Waals surface area (Å²) in [5.41, 5.74) is 1.86. The fourth-order valence-corrected chi connectivity index (χ4v) is 2.92. The number of carbonyl (C=O) groups excluding carboxylic acids is 2. The summed E-state index contributed by atoms with van der Waals surface area (Å²) in [5, 5.41) is 0.964. The van der Waals surface area contributed by atoms with E-state index in [4.69, 9.17) is 4.74 Å². The second-order valence-corrected chi connectivity index (χ2v) is 6.71. The zero-order chi connectivity index (χ0) is 16.8. The Labute approximate surface area is 134 Å². The molecule has 3 rings (SSSR count). The van der Waals surface area contributed by atoms with Gasteiger partial charge in [0.05, 0.1) is 13.5 Å². The van der Waals surface area contributed by atoms with Crippen molar-refractivity contribution in [2.75, 3.05) is 7.11 Å². The number of methoxy groups -OCH3 is 1. The van der Waals surface area contributed by atoms with Gasteiger partial charge in [0.25, 0.3) is 5.91 Å². The molecule has 2 amide bonds. The molecular formula is C18H20N2O3. The van der Waals surface area contributed by atoms with Gasteiger partial charge in [0.15, 0.2) is 0 Å². The number of nitrogens with zero attached hydrogens (tertiary/aromatic N) is 1. The standard InChI is InChI=1S/C18H20N2O3/c1-18(2,3)20-16(21)8-11(17(20)22)7-12-10-19-15-6-5-13(23-4)9-14(12)15/h5-7,9-10,19H,8H2,1-4H3/b11-7-. The van der Waals surface area contributed by atoms with Crippen molar-refractivity contribution in [2.24, 2.45) is 0 Å². The Hall–Kier alpha value is -2.56. The van der Waals surface area contributed by atoms with Crippen LogP contribution in [-0.4, -0.2) is 34.3 Å². The number of hydrogen-bond acceptors (Lipinski definition) is 3. The third-order valence-electron chi connectivity index (χ3n) is 3.99. The van der Waals surface area contributed by atoms with Crippen molar-refractivity contribution in [3.63, 3.8) is 0 Å². The SMILES string of the molecule is COc1ccc2[nH]cc(/C=C3/CC(=O)N(C(C)(C)C)C3=O)c2c1. The van der Waals surface area contributed by atoms with Crippen molar-refractivity contribution in [3.8, 4) is 5.75 Å². The molecular weight excluding hydrogens is 292 g/mol. The molecule has 5 heteroatoms. The van der Waals surface area contributed by atoms with Crippen molar-refractivity contribution in [2.45, 2.75) is 32.7 Å². The summed E-state index contributed by atoms with van der Waals surface area (Å²) >= 11 is 0. The molecule has 2 aromatic rings. The number of benzene rings is 1. The lowest BCUT2D eigenvalue weighted by Gasteiger charge is -2.29. The van der Waals surface area contributed by atoms with Crippen LogP contribution in [0.5, 0.6) is 5.75 Å². The summed E-state index contributed by atoms with van der Waals surface area (Å²) < 4.78 is 5.25. The van der Waals surface area contributed by atoms with Crippen LogP contribution in [0, 0.1) is 0 Å². The van der Waals surface area contributed by atoms with Gasteiger partial charge in [-0.15, -0.1) is 0 Å². The summed E-state index contributed by atoms with van der Waals surface area (Å²) in [6.07, 6.45) is 3.78. The summed E-state index contributed by atoms with van der Waals surface area (Å²) in [6.45, 7) is 5.59. The van der Waals surface area contributed by atoms with Gasteiger partial charge in [-0.05, 0) is 45.0 Å². The molecule has 23 heavy (non-hydrogen) atoms. The summed E-state index contributed by atoms with van der Waals surface area (Å²) in [7, 11) is 1.62. The van der Waals surface area contributed by atoms with Crippen LogP contribution in [0.2, 0.25) is 0 Å². The Balaban J connectivity index is 2.03. The van der Waals surface area contributed by atoms with E-state index in [0.29, 0.717) is 5.57 Å². The van der Waals surface area contributed by atoms with Crippen LogP contribution in [-0.2, 0) is 9.59 Å². The molecule has 0 saturated carbocycles. The summed E-state index contributed by atoms with van der Waals surface area (Å²) in [5.74, 6) is 0.396. The third kappa shape index (κ3) is 2.63. The van der Waals surface area contributed by atoms with Crippen LogP contribution in [0.1, 0.15) is 32.8 Å². The fourth-order valence-electron chi connectivity index (χ4n) is 2.92. The molecule has 1 aromatic heterocycles. The number of hydrogen-bond donors (Lipinski definition) is 1. The highest BCUT2D eigenvalue weighted by atomic mass is 16.5. The number of amides is 2. The number of aromatic amines is 1. The smallest absolute Gasteiger partial charge is 0.257 e. The zero-order valence-electron chi connectivity index (χ0n) is 13.8. The number of nitrogens with one attached hydrogen (secondary N) is 1. The molecule has 120 valence electrons. The van der Waals surface area contributed by atoms with Crippen LogP contribution in [0.3, 0.4) is 0 Å². The average molecular weight is 312 g/mol. The van der Waals surface area contributed by atoms with Crippen LogP contribution in [0.25, 0.3) is 17.0 Å². The van der Waals surface area contributed by atoms with Crippen molar-refractivity contribution >= 4 is 28.8 Å². The van der Waals surface area contributed by atoms with Gasteiger partial charge in [-0.25, -0.2) is 0 Å². The van der Waals surface area contributed by atoms with E-state index in [1.165, 1.54) is 4.90 Å². The minimum atomic E-state index is -0.507. The lowest BCUT2D eigenvalue weighted by atomic mass is 10.1. The van der Waals surface area contributed by atoms with Gasteiger partial charge >= 0.3 is 0 Å². The molecule has 1 aliphatic rings. The maximum absolute atomic E-state index is 12.5. The Morgan fingerprint density at radius 2 is 2.00 bits per heavy atom. The molecule has 1 aromatic carbocycles. The van der Waals surface area contributed by atoms with Gasteiger partial charge in [-0.1, -0.05) is 0 Å². The van der Waals surface area contributed by atoms with E-state index in [-0.39, 0.29) is 18.2 Å². The van der Waals surface area contributed by atoms with Gasteiger partial charge in [-0.3, -0.25) is 14.5 Å². The van der Waals surface area contributed by atoms with E-state index < -0.39 is 5.54 Å². The first kappa shape index (κ1) is 15.3. The summed E-state index contributed by atoms with van der Waals surface area (Å²) in [4.78, 5) is 29.2. The van der Waals surface area contributed by atoms with Crippen molar-refractivity contribution in [3.05, 3.63) is 35.5 Å². The van der Waals surface area contributed by atoms with Crippen molar-refractivity contribution in [1.82, 2.24) is 9.88 Å². The highest BCUT2D eigenvalue weighted by Gasteiger charge is 2.40. The predicted molar refractivity (Wildman–Crippen MR) is 89.1 cm³/mol.